The molecule has 3 atom stereocenters. The maximum Gasteiger partial charge on any atom is 0.224 e. The Kier molecular flexibility index (Phi) is 3.47. The van der Waals surface area contributed by atoms with Crippen LogP contribution in [0.5, 0.6) is 0 Å². The highest BCUT2D eigenvalue weighted by Gasteiger charge is 2.49. The summed E-state index contributed by atoms with van der Waals surface area (Å²) in [7, 11) is 2.17. The van der Waals surface area contributed by atoms with Crippen molar-refractivity contribution in [2.45, 2.75) is 56.4 Å². The molecule has 21 heavy (non-hydrogen) atoms. The molecule has 2 aliphatic carbocycles. The number of piperidine rings is 1. The van der Waals surface area contributed by atoms with Crippen molar-refractivity contribution in [3.63, 3.8) is 0 Å². The first-order valence-corrected chi connectivity index (χ1v) is 8.44. The molecule has 4 rings (SSSR count). The van der Waals surface area contributed by atoms with Crippen LogP contribution in [0.1, 0.15) is 38.5 Å². The molecule has 4 fully saturated rings. The van der Waals surface area contributed by atoms with Crippen molar-refractivity contribution in [3.8, 4) is 0 Å². The minimum absolute atomic E-state index is 0.133. The molecule has 118 valence electrons. The summed E-state index contributed by atoms with van der Waals surface area (Å²) in [5.74, 6) is 0.575. The summed E-state index contributed by atoms with van der Waals surface area (Å²) in [6, 6.07) is 1.05. The van der Waals surface area contributed by atoms with E-state index in [-0.39, 0.29) is 17.6 Å². The predicted molar refractivity (Wildman–Crippen MR) is 77.7 cm³/mol. The first-order chi connectivity index (χ1) is 10.2. The lowest BCUT2D eigenvalue weighted by atomic mass is 9.72. The number of ether oxygens (including phenoxy) is 2. The molecule has 5 nitrogen and oxygen atoms in total. The fourth-order valence-corrected chi connectivity index (χ4v) is 4.48. The largest absolute Gasteiger partial charge is 0.353 e. The molecule has 1 spiro atoms. The van der Waals surface area contributed by atoms with E-state index in [0.29, 0.717) is 18.0 Å². The zero-order valence-electron chi connectivity index (χ0n) is 12.8. The molecule has 1 N–H and O–H groups in total. The molecule has 2 saturated carbocycles. The highest BCUT2D eigenvalue weighted by Crippen LogP contribution is 2.44. The van der Waals surface area contributed by atoms with Crippen LogP contribution in [-0.4, -0.2) is 55.5 Å². The van der Waals surface area contributed by atoms with E-state index in [2.05, 4.69) is 17.3 Å². The second-order valence-electron chi connectivity index (χ2n) is 7.33. The van der Waals surface area contributed by atoms with Gasteiger partial charge in [0.2, 0.25) is 5.91 Å². The van der Waals surface area contributed by atoms with E-state index < -0.39 is 0 Å². The lowest BCUT2D eigenvalue weighted by Gasteiger charge is -2.49. The maximum atomic E-state index is 12.4. The summed E-state index contributed by atoms with van der Waals surface area (Å²) in [5.41, 5.74) is 0. The van der Waals surface area contributed by atoms with Crippen LogP contribution in [0.4, 0.5) is 0 Å². The number of amides is 1. The monoisotopic (exact) mass is 294 g/mol. The Morgan fingerprint density at radius 2 is 2.00 bits per heavy atom. The van der Waals surface area contributed by atoms with Crippen molar-refractivity contribution in [1.82, 2.24) is 10.2 Å². The van der Waals surface area contributed by atoms with Gasteiger partial charge in [-0.1, -0.05) is 0 Å². The van der Waals surface area contributed by atoms with E-state index in [1.807, 2.05) is 0 Å². The number of nitrogens with one attached hydrogen (secondary N) is 1. The van der Waals surface area contributed by atoms with Gasteiger partial charge in [-0.2, -0.15) is 0 Å². The molecule has 4 aliphatic rings. The second-order valence-corrected chi connectivity index (χ2v) is 7.33. The van der Waals surface area contributed by atoms with E-state index in [4.69, 9.17) is 9.47 Å². The van der Waals surface area contributed by atoms with Crippen LogP contribution in [-0.2, 0) is 14.3 Å². The van der Waals surface area contributed by atoms with Crippen molar-refractivity contribution in [2.24, 2.45) is 11.8 Å². The van der Waals surface area contributed by atoms with E-state index >= 15 is 0 Å². The van der Waals surface area contributed by atoms with Gasteiger partial charge in [-0.05, 0) is 38.6 Å². The molecule has 0 unspecified atom stereocenters. The summed E-state index contributed by atoms with van der Waals surface area (Å²) in [6.45, 7) is 2.34. The molecule has 0 aromatic rings. The molecule has 0 aromatic carbocycles. The molecule has 1 amide bonds. The first-order valence-electron chi connectivity index (χ1n) is 8.44. The number of fused-ring (bicyclic) bond motifs is 1. The summed E-state index contributed by atoms with van der Waals surface area (Å²) in [6.07, 6.45) is 6.38. The van der Waals surface area contributed by atoms with E-state index in [1.54, 1.807) is 0 Å². The number of carbonyl (C=O) groups is 1. The number of hydrogen-bond acceptors (Lipinski definition) is 4. The van der Waals surface area contributed by atoms with E-state index in [0.717, 1.165) is 58.3 Å². The van der Waals surface area contributed by atoms with E-state index in [1.165, 1.54) is 0 Å². The van der Waals surface area contributed by atoms with Gasteiger partial charge in [0, 0.05) is 31.5 Å². The standard InChI is InChI=1S/C16H26N2O3/c1-18-10-12(15(19)17-13-2-3-13)8-11-9-16(5-4-14(11)18)20-6-7-21-16/h11-14H,2-10H2,1H3,(H,17,19)/t11-,12-,14-/m1/s1. The first kappa shape index (κ1) is 14.0. The molecule has 2 aliphatic heterocycles. The van der Waals surface area contributed by atoms with Gasteiger partial charge in [0.1, 0.15) is 0 Å². The Morgan fingerprint density at radius 1 is 1.24 bits per heavy atom. The van der Waals surface area contributed by atoms with E-state index in [9.17, 15) is 4.79 Å². The average molecular weight is 294 g/mol. The van der Waals surface area contributed by atoms with Gasteiger partial charge in [-0.15, -0.1) is 0 Å². The third kappa shape index (κ3) is 2.71. The number of hydrogen-bond donors (Lipinski definition) is 1. The minimum Gasteiger partial charge on any atom is -0.353 e. The molecule has 5 heteroatoms. The van der Waals surface area contributed by atoms with Crippen molar-refractivity contribution < 1.29 is 14.3 Å². The van der Waals surface area contributed by atoms with Gasteiger partial charge in [0.15, 0.2) is 5.79 Å². The zero-order chi connectivity index (χ0) is 14.4. The lowest BCUT2D eigenvalue weighted by molar-refractivity contribution is -0.202. The number of carbonyl (C=O) groups excluding carboxylic acids is 1. The van der Waals surface area contributed by atoms with Crippen LogP contribution in [0, 0.1) is 11.8 Å². The molecule has 0 bridgehead atoms. The van der Waals surface area contributed by atoms with Crippen molar-refractivity contribution in [1.29, 1.82) is 0 Å². The summed E-state index contributed by atoms with van der Waals surface area (Å²) in [4.78, 5) is 14.8. The van der Waals surface area contributed by atoms with Gasteiger partial charge < -0.3 is 19.7 Å². The summed E-state index contributed by atoms with van der Waals surface area (Å²) >= 11 is 0. The molecule has 2 saturated heterocycles. The smallest absolute Gasteiger partial charge is 0.224 e. The molecular weight excluding hydrogens is 268 g/mol. The van der Waals surface area contributed by atoms with Crippen LogP contribution in [0.2, 0.25) is 0 Å². The SMILES string of the molecule is CN1C[C@H](C(=O)NC2CC2)C[C@@H]2CC3(CC[C@H]21)OCCO3. The van der Waals surface area contributed by atoms with Crippen molar-refractivity contribution >= 4 is 5.91 Å². The third-order valence-electron chi connectivity index (χ3n) is 5.71. The van der Waals surface area contributed by atoms with Crippen molar-refractivity contribution in [3.05, 3.63) is 0 Å². The Hall–Kier alpha value is -0.650. The van der Waals surface area contributed by atoms with Crippen molar-refractivity contribution in [2.75, 3.05) is 26.8 Å². The second kappa shape index (κ2) is 5.21. The van der Waals surface area contributed by atoms with Gasteiger partial charge in [0.05, 0.1) is 19.1 Å². The van der Waals surface area contributed by atoms with Crippen LogP contribution in [0.15, 0.2) is 0 Å². The van der Waals surface area contributed by atoms with Crippen LogP contribution >= 0.6 is 0 Å². The topological polar surface area (TPSA) is 50.8 Å². The third-order valence-corrected chi connectivity index (χ3v) is 5.71. The number of rotatable bonds is 2. The highest BCUT2D eigenvalue weighted by molar-refractivity contribution is 5.79. The maximum absolute atomic E-state index is 12.4. The molecule has 0 aromatic heterocycles. The summed E-state index contributed by atoms with van der Waals surface area (Å²) < 4.78 is 11.8. The zero-order valence-corrected chi connectivity index (χ0v) is 12.8. The lowest BCUT2D eigenvalue weighted by Crippen LogP contribution is -2.55. The van der Waals surface area contributed by atoms with Gasteiger partial charge >= 0.3 is 0 Å². The quantitative estimate of drug-likeness (QED) is 0.829. The highest BCUT2D eigenvalue weighted by atomic mass is 16.7. The van der Waals surface area contributed by atoms with Gasteiger partial charge in [-0.25, -0.2) is 0 Å². The number of likely N-dealkylation sites (tertiary alicyclic amines) is 1. The van der Waals surface area contributed by atoms with Crippen LogP contribution in [0.3, 0.4) is 0 Å². The fraction of sp³-hybridized carbons (Fsp3) is 0.938. The molecular formula is C16H26N2O3. The van der Waals surface area contributed by atoms with Gasteiger partial charge in [-0.3, -0.25) is 4.79 Å². The van der Waals surface area contributed by atoms with Crippen LogP contribution < -0.4 is 5.32 Å². The van der Waals surface area contributed by atoms with Gasteiger partial charge in [0.25, 0.3) is 0 Å². The molecule has 0 radical (unpaired) electrons. The Labute approximate surface area is 126 Å². The minimum atomic E-state index is -0.336. The van der Waals surface area contributed by atoms with Crippen LogP contribution in [0.25, 0.3) is 0 Å². The fourth-order valence-electron chi connectivity index (χ4n) is 4.48. The normalized spacial score (nSPS) is 39.2. The number of nitrogens with zero attached hydrogens (tertiary/aromatic N) is 1. The Balaban J connectivity index is 1.43. The predicted octanol–water partition coefficient (Wildman–Crippen LogP) is 1.13. The Morgan fingerprint density at radius 3 is 2.71 bits per heavy atom. The Bertz CT molecular complexity index is 418. The average Bonchev–Trinajstić information content (AvgIpc) is 3.17. The molecule has 2 heterocycles. The summed E-state index contributed by atoms with van der Waals surface area (Å²) in [5, 5.41) is 3.17.